The molecule has 3 nitrogen and oxygen atoms in total. The van der Waals surface area contributed by atoms with Crippen LogP contribution in [0.4, 0.5) is 4.39 Å². The van der Waals surface area contributed by atoms with E-state index in [4.69, 9.17) is 0 Å². The third-order valence-corrected chi connectivity index (χ3v) is 3.58. The first-order valence-electron chi connectivity index (χ1n) is 6.55. The van der Waals surface area contributed by atoms with Gasteiger partial charge in [0, 0.05) is 22.8 Å². The van der Waals surface area contributed by atoms with Gasteiger partial charge in [0.2, 0.25) is 0 Å². The second kappa shape index (κ2) is 6.06. The van der Waals surface area contributed by atoms with Crippen LogP contribution in [0.15, 0.2) is 34.9 Å². The second-order valence-electron chi connectivity index (χ2n) is 5.84. The fraction of sp³-hybridized carbons (Fsp3) is 0.400. The van der Waals surface area contributed by atoms with E-state index in [9.17, 15) is 4.39 Å². The molecule has 108 valence electrons. The Morgan fingerprint density at radius 1 is 1.30 bits per heavy atom. The van der Waals surface area contributed by atoms with Gasteiger partial charge >= 0.3 is 0 Å². The summed E-state index contributed by atoms with van der Waals surface area (Å²) >= 11 is 3.37. The standard InChI is InChI=1S/C15H19BrFN3/c1-15(2,3)18-9-13-6-7-20(19-13)10-11-4-5-12(17)8-14(11)16/h4-8,18H,9-10H2,1-3H3. The van der Waals surface area contributed by atoms with Crippen LogP contribution >= 0.6 is 15.9 Å². The monoisotopic (exact) mass is 339 g/mol. The van der Waals surface area contributed by atoms with Gasteiger partial charge in [0.05, 0.1) is 12.2 Å². The van der Waals surface area contributed by atoms with Gasteiger partial charge in [-0.2, -0.15) is 5.10 Å². The maximum Gasteiger partial charge on any atom is 0.124 e. The van der Waals surface area contributed by atoms with Crippen LogP contribution < -0.4 is 5.32 Å². The van der Waals surface area contributed by atoms with Crippen molar-refractivity contribution in [2.45, 2.75) is 39.4 Å². The van der Waals surface area contributed by atoms with Gasteiger partial charge in [-0.3, -0.25) is 4.68 Å². The van der Waals surface area contributed by atoms with Gasteiger partial charge in [0.15, 0.2) is 0 Å². The molecule has 0 saturated carbocycles. The molecule has 2 rings (SSSR count). The molecule has 1 aromatic carbocycles. The molecule has 0 saturated heterocycles. The fourth-order valence-electron chi connectivity index (χ4n) is 1.77. The third-order valence-electron chi connectivity index (χ3n) is 2.84. The minimum Gasteiger partial charge on any atom is -0.306 e. The Morgan fingerprint density at radius 3 is 2.70 bits per heavy atom. The largest absolute Gasteiger partial charge is 0.306 e. The molecule has 2 aromatic rings. The summed E-state index contributed by atoms with van der Waals surface area (Å²) in [6.07, 6.45) is 1.94. The van der Waals surface area contributed by atoms with Crippen LogP contribution in [0.2, 0.25) is 0 Å². The van der Waals surface area contributed by atoms with Crippen LogP contribution in [0.1, 0.15) is 32.0 Å². The van der Waals surface area contributed by atoms with Gasteiger partial charge in [0.1, 0.15) is 5.82 Å². The lowest BCUT2D eigenvalue weighted by atomic mass is 10.1. The van der Waals surface area contributed by atoms with Gasteiger partial charge in [-0.1, -0.05) is 22.0 Å². The van der Waals surface area contributed by atoms with Gasteiger partial charge in [-0.15, -0.1) is 0 Å². The minimum atomic E-state index is -0.240. The molecule has 1 N–H and O–H groups in total. The predicted molar refractivity (Wildman–Crippen MR) is 82.0 cm³/mol. The Labute approximate surface area is 127 Å². The maximum atomic E-state index is 13.0. The Morgan fingerprint density at radius 2 is 2.05 bits per heavy atom. The molecule has 0 spiro atoms. The van der Waals surface area contributed by atoms with E-state index in [1.807, 2.05) is 16.9 Å². The molecule has 0 aliphatic rings. The van der Waals surface area contributed by atoms with Crippen molar-refractivity contribution >= 4 is 15.9 Å². The fourth-order valence-corrected chi connectivity index (χ4v) is 2.24. The SMILES string of the molecule is CC(C)(C)NCc1ccn(Cc2ccc(F)cc2Br)n1. The summed E-state index contributed by atoms with van der Waals surface area (Å²) in [6, 6.07) is 6.71. The Bertz CT molecular complexity index is 587. The van der Waals surface area contributed by atoms with E-state index < -0.39 is 0 Å². The highest BCUT2D eigenvalue weighted by Crippen LogP contribution is 2.19. The highest BCUT2D eigenvalue weighted by Gasteiger charge is 2.10. The van der Waals surface area contributed by atoms with Crippen LogP contribution in [-0.2, 0) is 13.1 Å². The number of nitrogens with one attached hydrogen (secondary N) is 1. The van der Waals surface area contributed by atoms with Crippen LogP contribution in [0.25, 0.3) is 0 Å². The zero-order chi connectivity index (χ0) is 14.8. The summed E-state index contributed by atoms with van der Waals surface area (Å²) in [5.41, 5.74) is 2.08. The summed E-state index contributed by atoms with van der Waals surface area (Å²) < 4.78 is 15.7. The molecule has 0 aliphatic heterocycles. The van der Waals surface area contributed by atoms with Crippen LogP contribution in [-0.4, -0.2) is 15.3 Å². The number of hydrogen-bond acceptors (Lipinski definition) is 2. The van der Waals surface area contributed by atoms with Crippen LogP contribution in [0, 0.1) is 5.82 Å². The third kappa shape index (κ3) is 4.42. The number of hydrogen-bond donors (Lipinski definition) is 1. The second-order valence-corrected chi connectivity index (χ2v) is 6.70. The van der Waals surface area contributed by atoms with Crippen LogP contribution in [0.3, 0.4) is 0 Å². The summed E-state index contributed by atoms with van der Waals surface area (Å²) in [7, 11) is 0. The van der Waals surface area contributed by atoms with E-state index in [-0.39, 0.29) is 11.4 Å². The van der Waals surface area contributed by atoms with Crippen molar-refractivity contribution in [3.05, 3.63) is 52.0 Å². The normalized spacial score (nSPS) is 11.8. The van der Waals surface area contributed by atoms with E-state index in [0.717, 1.165) is 22.3 Å². The molecule has 5 heteroatoms. The van der Waals surface area contributed by atoms with E-state index in [0.29, 0.717) is 6.54 Å². The summed E-state index contributed by atoms with van der Waals surface area (Å²) in [4.78, 5) is 0. The van der Waals surface area contributed by atoms with Crippen molar-refractivity contribution in [1.29, 1.82) is 0 Å². The lowest BCUT2D eigenvalue weighted by Gasteiger charge is -2.19. The molecule has 20 heavy (non-hydrogen) atoms. The lowest BCUT2D eigenvalue weighted by Crippen LogP contribution is -2.35. The maximum absolute atomic E-state index is 13.0. The average Bonchev–Trinajstić information content (AvgIpc) is 2.77. The summed E-state index contributed by atoms with van der Waals surface area (Å²) in [6.45, 7) is 7.73. The van der Waals surface area contributed by atoms with E-state index >= 15 is 0 Å². The molecule has 1 heterocycles. The zero-order valence-corrected chi connectivity index (χ0v) is 13.5. The number of aromatic nitrogens is 2. The molecular weight excluding hydrogens is 321 g/mol. The molecule has 0 fully saturated rings. The van der Waals surface area contributed by atoms with Crippen molar-refractivity contribution in [1.82, 2.24) is 15.1 Å². The Kier molecular flexibility index (Phi) is 4.60. The first-order chi connectivity index (χ1) is 9.33. The molecular formula is C15H19BrFN3. The quantitative estimate of drug-likeness (QED) is 0.919. The number of rotatable bonds is 4. The van der Waals surface area contributed by atoms with Crippen molar-refractivity contribution in [3.63, 3.8) is 0 Å². The molecule has 0 aliphatic carbocycles. The number of benzene rings is 1. The Hall–Kier alpha value is -1.20. The highest BCUT2D eigenvalue weighted by molar-refractivity contribution is 9.10. The molecule has 0 atom stereocenters. The van der Waals surface area contributed by atoms with E-state index in [1.165, 1.54) is 12.1 Å². The van der Waals surface area contributed by atoms with Gasteiger partial charge in [0.25, 0.3) is 0 Å². The first kappa shape index (κ1) is 15.2. The van der Waals surface area contributed by atoms with Gasteiger partial charge < -0.3 is 5.32 Å². The van der Waals surface area contributed by atoms with E-state index in [1.54, 1.807) is 6.07 Å². The van der Waals surface area contributed by atoms with Crippen molar-refractivity contribution in [3.8, 4) is 0 Å². The van der Waals surface area contributed by atoms with Crippen molar-refractivity contribution in [2.24, 2.45) is 0 Å². The zero-order valence-electron chi connectivity index (χ0n) is 12.0. The smallest absolute Gasteiger partial charge is 0.124 e. The highest BCUT2D eigenvalue weighted by atomic mass is 79.9. The van der Waals surface area contributed by atoms with E-state index in [2.05, 4.69) is 47.1 Å². The molecule has 0 bridgehead atoms. The van der Waals surface area contributed by atoms with Crippen molar-refractivity contribution in [2.75, 3.05) is 0 Å². The number of nitrogens with zero attached hydrogens (tertiary/aromatic N) is 2. The average molecular weight is 340 g/mol. The molecule has 1 aromatic heterocycles. The van der Waals surface area contributed by atoms with Crippen LogP contribution in [0.5, 0.6) is 0 Å². The molecule has 0 amide bonds. The number of halogens is 2. The van der Waals surface area contributed by atoms with Crippen molar-refractivity contribution < 1.29 is 4.39 Å². The molecule has 0 unspecified atom stereocenters. The van der Waals surface area contributed by atoms with Gasteiger partial charge in [-0.25, -0.2) is 4.39 Å². The predicted octanol–water partition coefficient (Wildman–Crippen LogP) is 3.72. The topological polar surface area (TPSA) is 29.9 Å². The first-order valence-corrected chi connectivity index (χ1v) is 7.34. The Balaban J connectivity index is 2.02. The minimum absolute atomic E-state index is 0.0732. The summed E-state index contributed by atoms with van der Waals surface area (Å²) in [5, 5.41) is 7.91. The molecule has 0 radical (unpaired) electrons. The lowest BCUT2D eigenvalue weighted by molar-refractivity contribution is 0.419. The van der Waals surface area contributed by atoms with Gasteiger partial charge in [-0.05, 0) is 44.5 Å². The summed E-state index contributed by atoms with van der Waals surface area (Å²) in [5.74, 6) is -0.240.